The Balaban J connectivity index is 1.51. The molecule has 3 heteroatoms. The standard InChI is InChI=1S/C22H33NO2/c1-5-25-19-8-16(6-7-18(19)24-4)12-23-22-11-17-9-20(2,14-22)13-21(3,10-17)15-22/h6-8,17,23H,5,9-15H2,1-4H3/t17?,20-,21+,22?. The molecule has 138 valence electrons. The molecule has 25 heavy (non-hydrogen) atoms. The van der Waals surface area contributed by atoms with Crippen molar-refractivity contribution in [2.75, 3.05) is 13.7 Å². The maximum atomic E-state index is 5.74. The fraction of sp³-hybridized carbons (Fsp3) is 0.727. The van der Waals surface area contributed by atoms with Gasteiger partial charge in [0.1, 0.15) is 0 Å². The Morgan fingerprint density at radius 2 is 1.76 bits per heavy atom. The van der Waals surface area contributed by atoms with E-state index in [2.05, 4.69) is 31.3 Å². The van der Waals surface area contributed by atoms with E-state index in [0.29, 0.717) is 23.0 Å². The van der Waals surface area contributed by atoms with Crippen molar-refractivity contribution >= 4 is 0 Å². The van der Waals surface area contributed by atoms with Crippen molar-refractivity contribution in [2.24, 2.45) is 16.7 Å². The van der Waals surface area contributed by atoms with E-state index in [1.165, 1.54) is 44.1 Å². The molecule has 0 amide bonds. The van der Waals surface area contributed by atoms with Crippen LogP contribution in [0, 0.1) is 16.7 Å². The number of ether oxygens (including phenoxy) is 2. The molecule has 4 bridgehead atoms. The summed E-state index contributed by atoms with van der Waals surface area (Å²) in [5, 5.41) is 4.00. The van der Waals surface area contributed by atoms with Crippen LogP contribution in [0.4, 0.5) is 0 Å². The van der Waals surface area contributed by atoms with Crippen molar-refractivity contribution in [3.63, 3.8) is 0 Å². The second kappa shape index (κ2) is 5.90. The van der Waals surface area contributed by atoms with Crippen molar-refractivity contribution in [3.05, 3.63) is 23.8 Å². The molecule has 4 atom stereocenters. The van der Waals surface area contributed by atoms with Crippen LogP contribution in [-0.4, -0.2) is 19.3 Å². The first-order valence-corrected chi connectivity index (χ1v) is 9.91. The molecule has 0 saturated heterocycles. The van der Waals surface area contributed by atoms with E-state index < -0.39 is 0 Å². The summed E-state index contributed by atoms with van der Waals surface area (Å²) in [5.74, 6) is 2.60. The molecule has 1 aromatic carbocycles. The summed E-state index contributed by atoms with van der Waals surface area (Å²) in [5.41, 5.74) is 2.74. The van der Waals surface area contributed by atoms with Crippen LogP contribution in [-0.2, 0) is 6.54 Å². The molecule has 0 heterocycles. The van der Waals surface area contributed by atoms with Gasteiger partial charge in [0.15, 0.2) is 11.5 Å². The van der Waals surface area contributed by atoms with E-state index in [-0.39, 0.29) is 0 Å². The molecule has 4 saturated carbocycles. The van der Waals surface area contributed by atoms with E-state index in [1.54, 1.807) is 7.11 Å². The summed E-state index contributed by atoms with van der Waals surface area (Å²) in [7, 11) is 1.70. The smallest absolute Gasteiger partial charge is 0.161 e. The third kappa shape index (κ3) is 3.16. The Labute approximate surface area is 152 Å². The normalized spacial score (nSPS) is 38.8. The van der Waals surface area contributed by atoms with Crippen LogP contribution < -0.4 is 14.8 Å². The highest BCUT2D eigenvalue weighted by molar-refractivity contribution is 5.43. The minimum Gasteiger partial charge on any atom is -0.493 e. The molecule has 5 rings (SSSR count). The molecule has 0 spiro atoms. The Morgan fingerprint density at radius 3 is 2.36 bits per heavy atom. The van der Waals surface area contributed by atoms with Gasteiger partial charge < -0.3 is 14.8 Å². The van der Waals surface area contributed by atoms with Gasteiger partial charge in [-0.1, -0.05) is 19.9 Å². The van der Waals surface area contributed by atoms with Crippen molar-refractivity contribution in [1.82, 2.24) is 5.32 Å². The van der Waals surface area contributed by atoms with Gasteiger partial charge >= 0.3 is 0 Å². The molecule has 0 radical (unpaired) electrons. The summed E-state index contributed by atoms with van der Waals surface area (Å²) in [6, 6.07) is 6.34. The van der Waals surface area contributed by atoms with E-state index >= 15 is 0 Å². The largest absolute Gasteiger partial charge is 0.493 e. The summed E-state index contributed by atoms with van der Waals surface area (Å²) >= 11 is 0. The highest BCUT2D eigenvalue weighted by Crippen LogP contribution is 2.66. The molecule has 2 unspecified atom stereocenters. The number of hydrogen-bond donors (Lipinski definition) is 1. The minimum absolute atomic E-state index is 0.342. The van der Waals surface area contributed by atoms with Gasteiger partial charge in [-0.25, -0.2) is 0 Å². The third-order valence-corrected chi connectivity index (χ3v) is 6.82. The molecule has 1 aromatic rings. The van der Waals surface area contributed by atoms with Crippen LogP contribution in [0.1, 0.15) is 64.9 Å². The van der Waals surface area contributed by atoms with E-state index in [9.17, 15) is 0 Å². The predicted octanol–water partition coefficient (Wildman–Crippen LogP) is 4.93. The molecular formula is C22H33NO2. The first-order chi connectivity index (χ1) is 11.9. The summed E-state index contributed by atoms with van der Waals surface area (Å²) in [4.78, 5) is 0. The lowest BCUT2D eigenvalue weighted by molar-refractivity contribution is -0.118. The maximum absolute atomic E-state index is 5.74. The molecule has 3 nitrogen and oxygen atoms in total. The zero-order valence-electron chi connectivity index (χ0n) is 16.3. The average molecular weight is 344 g/mol. The van der Waals surface area contributed by atoms with Crippen molar-refractivity contribution in [1.29, 1.82) is 0 Å². The van der Waals surface area contributed by atoms with Crippen LogP contribution in [0.15, 0.2) is 18.2 Å². The second-order valence-electron chi connectivity index (χ2n) is 9.68. The zero-order chi connectivity index (χ0) is 17.7. The fourth-order valence-corrected chi connectivity index (χ4v) is 7.03. The fourth-order valence-electron chi connectivity index (χ4n) is 7.03. The van der Waals surface area contributed by atoms with E-state index in [0.717, 1.165) is 24.0 Å². The zero-order valence-corrected chi connectivity index (χ0v) is 16.3. The highest BCUT2D eigenvalue weighted by atomic mass is 16.5. The van der Waals surface area contributed by atoms with Crippen LogP contribution in [0.25, 0.3) is 0 Å². The summed E-state index contributed by atoms with van der Waals surface area (Å²) in [6.07, 6.45) is 8.39. The lowest BCUT2D eigenvalue weighted by Crippen LogP contribution is -2.63. The summed E-state index contributed by atoms with van der Waals surface area (Å²) < 4.78 is 11.2. The Morgan fingerprint density at radius 1 is 1.04 bits per heavy atom. The molecule has 1 N–H and O–H groups in total. The quantitative estimate of drug-likeness (QED) is 0.794. The van der Waals surface area contributed by atoms with Gasteiger partial charge in [0, 0.05) is 12.1 Å². The van der Waals surface area contributed by atoms with E-state index in [1.807, 2.05) is 13.0 Å². The predicted molar refractivity (Wildman–Crippen MR) is 101 cm³/mol. The first-order valence-electron chi connectivity index (χ1n) is 9.91. The molecular weight excluding hydrogens is 310 g/mol. The van der Waals surface area contributed by atoms with Crippen LogP contribution in [0.3, 0.4) is 0 Å². The number of rotatable bonds is 6. The SMILES string of the molecule is CCOc1cc(CNC23CC4C[C@@](C)(C2)C[C@](C)(C4)C3)ccc1OC. The lowest BCUT2D eigenvalue weighted by atomic mass is 9.43. The monoisotopic (exact) mass is 343 g/mol. The molecule has 4 fully saturated rings. The van der Waals surface area contributed by atoms with Crippen molar-refractivity contribution in [2.45, 2.75) is 71.4 Å². The number of benzene rings is 1. The Kier molecular flexibility index (Phi) is 4.06. The van der Waals surface area contributed by atoms with Crippen LogP contribution in [0.2, 0.25) is 0 Å². The van der Waals surface area contributed by atoms with Gasteiger partial charge in [-0.05, 0) is 79.9 Å². The van der Waals surface area contributed by atoms with Crippen molar-refractivity contribution < 1.29 is 9.47 Å². The third-order valence-electron chi connectivity index (χ3n) is 6.82. The van der Waals surface area contributed by atoms with Crippen molar-refractivity contribution in [3.8, 4) is 11.5 Å². The van der Waals surface area contributed by atoms with E-state index in [4.69, 9.17) is 9.47 Å². The first kappa shape index (κ1) is 17.2. The maximum Gasteiger partial charge on any atom is 0.161 e. The van der Waals surface area contributed by atoms with Gasteiger partial charge in [0.2, 0.25) is 0 Å². The summed E-state index contributed by atoms with van der Waals surface area (Å²) in [6.45, 7) is 8.67. The highest BCUT2D eigenvalue weighted by Gasteiger charge is 2.59. The van der Waals surface area contributed by atoms with Gasteiger partial charge in [-0.2, -0.15) is 0 Å². The molecule has 0 aromatic heterocycles. The molecule has 0 aliphatic heterocycles. The second-order valence-corrected chi connectivity index (χ2v) is 9.68. The Hall–Kier alpha value is -1.22. The molecule has 4 aliphatic rings. The number of hydrogen-bond acceptors (Lipinski definition) is 3. The van der Waals surface area contributed by atoms with Crippen LogP contribution >= 0.6 is 0 Å². The molecule has 4 aliphatic carbocycles. The van der Waals surface area contributed by atoms with Gasteiger partial charge in [-0.3, -0.25) is 0 Å². The van der Waals surface area contributed by atoms with Gasteiger partial charge in [0.25, 0.3) is 0 Å². The Bertz CT molecular complexity index is 637. The van der Waals surface area contributed by atoms with Crippen LogP contribution in [0.5, 0.6) is 11.5 Å². The number of nitrogens with one attached hydrogen (secondary N) is 1. The lowest BCUT2D eigenvalue weighted by Gasteiger charge is -2.65. The number of methoxy groups -OCH3 is 1. The van der Waals surface area contributed by atoms with Gasteiger partial charge in [0.05, 0.1) is 13.7 Å². The average Bonchev–Trinajstić information content (AvgIpc) is 2.50. The topological polar surface area (TPSA) is 30.5 Å². The minimum atomic E-state index is 0.342. The van der Waals surface area contributed by atoms with Gasteiger partial charge in [-0.15, -0.1) is 0 Å².